The minimum absolute atomic E-state index is 0.637. The highest BCUT2D eigenvalue weighted by molar-refractivity contribution is 5.09. The normalized spacial score (nSPS) is 23.1. The van der Waals surface area contributed by atoms with E-state index in [1.54, 1.807) is 0 Å². The van der Waals surface area contributed by atoms with Gasteiger partial charge in [0.2, 0.25) is 0 Å². The highest BCUT2D eigenvalue weighted by Crippen LogP contribution is 2.05. The number of aromatic nitrogens is 1. The van der Waals surface area contributed by atoms with Crippen LogP contribution in [0.3, 0.4) is 0 Å². The van der Waals surface area contributed by atoms with Crippen molar-refractivity contribution in [1.82, 2.24) is 19.7 Å². The van der Waals surface area contributed by atoms with E-state index >= 15 is 0 Å². The number of piperazine rings is 1. The third-order valence-electron chi connectivity index (χ3n) is 3.58. The van der Waals surface area contributed by atoms with Crippen LogP contribution in [0.1, 0.15) is 5.56 Å². The SMILES string of the molecule is CN1CCN(C)C(CNCc2ccn(C)c2)C1. The molecule has 0 aliphatic carbocycles. The molecule has 0 aromatic carbocycles. The first-order chi connectivity index (χ1) is 8.15. The molecular weight excluding hydrogens is 212 g/mol. The van der Waals surface area contributed by atoms with Gasteiger partial charge in [0.05, 0.1) is 0 Å². The highest BCUT2D eigenvalue weighted by Gasteiger charge is 2.21. The van der Waals surface area contributed by atoms with Gasteiger partial charge in [-0.15, -0.1) is 0 Å². The molecule has 0 spiro atoms. The van der Waals surface area contributed by atoms with Crippen molar-refractivity contribution in [2.45, 2.75) is 12.6 Å². The molecule has 1 atom stereocenters. The van der Waals surface area contributed by atoms with E-state index in [-0.39, 0.29) is 0 Å². The Kier molecular flexibility index (Phi) is 4.20. The molecule has 2 rings (SSSR count). The predicted octanol–water partition coefficient (Wildman–Crippen LogP) is 0.361. The minimum Gasteiger partial charge on any atom is -0.357 e. The third kappa shape index (κ3) is 3.56. The predicted molar refractivity (Wildman–Crippen MR) is 71.0 cm³/mol. The van der Waals surface area contributed by atoms with Crippen LogP contribution in [-0.4, -0.2) is 60.7 Å². The monoisotopic (exact) mass is 236 g/mol. The first-order valence-electron chi connectivity index (χ1n) is 6.35. The van der Waals surface area contributed by atoms with E-state index in [1.165, 1.54) is 18.7 Å². The summed E-state index contributed by atoms with van der Waals surface area (Å²) in [6.45, 7) is 5.56. The van der Waals surface area contributed by atoms with Crippen molar-refractivity contribution >= 4 is 0 Å². The van der Waals surface area contributed by atoms with Crippen LogP contribution in [0.5, 0.6) is 0 Å². The Bertz CT molecular complexity index is 347. The van der Waals surface area contributed by atoms with Gasteiger partial charge >= 0.3 is 0 Å². The molecule has 1 aliphatic rings. The fraction of sp³-hybridized carbons (Fsp3) is 0.692. The first-order valence-corrected chi connectivity index (χ1v) is 6.35. The zero-order valence-corrected chi connectivity index (χ0v) is 11.2. The largest absolute Gasteiger partial charge is 0.357 e. The van der Waals surface area contributed by atoms with Gasteiger partial charge in [-0.05, 0) is 25.7 Å². The fourth-order valence-electron chi connectivity index (χ4n) is 2.37. The molecular formula is C13H24N4. The van der Waals surface area contributed by atoms with E-state index in [0.717, 1.165) is 19.6 Å². The maximum atomic E-state index is 3.55. The molecule has 1 fully saturated rings. The average molecular weight is 236 g/mol. The maximum Gasteiger partial charge on any atom is 0.0345 e. The Morgan fingerprint density at radius 1 is 1.29 bits per heavy atom. The van der Waals surface area contributed by atoms with Crippen molar-refractivity contribution in [3.8, 4) is 0 Å². The molecule has 1 N–H and O–H groups in total. The Labute approximate surface area is 104 Å². The Morgan fingerprint density at radius 2 is 2.12 bits per heavy atom. The average Bonchev–Trinajstić information content (AvgIpc) is 2.69. The van der Waals surface area contributed by atoms with Gasteiger partial charge in [0.25, 0.3) is 0 Å². The lowest BCUT2D eigenvalue weighted by Gasteiger charge is -2.37. The molecule has 1 aliphatic heterocycles. The van der Waals surface area contributed by atoms with E-state index in [1.807, 2.05) is 0 Å². The summed E-state index contributed by atoms with van der Waals surface area (Å²) in [6.07, 6.45) is 4.27. The van der Waals surface area contributed by atoms with Crippen molar-refractivity contribution in [2.75, 3.05) is 40.3 Å². The van der Waals surface area contributed by atoms with Gasteiger partial charge in [-0.1, -0.05) is 0 Å². The van der Waals surface area contributed by atoms with Crippen LogP contribution in [0.15, 0.2) is 18.5 Å². The van der Waals surface area contributed by atoms with Crippen molar-refractivity contribution < 1.29 is 0 Å². The lowest BCUT2D eigenvalue weighted by molar-refractivity contribution is 0.113. The van der Waals surface area contributed by atoms with Crippen molar-refractivity contribution in [1.29, 1.82) is 0 Å². The quantitative estimate of drug-likeness (QED) is 0.816. The highest BCUT2D eigenvalue weighted by atomic mass is 15.3. The summed E-state index contributed by atoms with van der Waals surface area (Å²) in [5.74, 6) is 0. The first kappa shape index (κ1) is 12.6. The number of likely N-dealkylation sites (N-methyl/N-ethyl adjacent to an activating group) is 2. The Balaban J connectivity index is 1.74. The summed E-state index contributed by atoms with van der Waals surface area (Å²) < 4.78 is 2.09. The van der Waals surface area contributed by atoms with Gasteiger partial charge in [0, 0.05) is 58.2 Å². The van der Waals surface area contributed by atoms with Crippen molar-refractivity contribution in [3.63, 3.8) is 0 Å². The second kappa shape index (κ2) is 5.67. The third-order valence-corrected chi connectivity index (χ3v) is 3.58. The summed E-state index contributed by atoms with van der Waals surface area (Å²) in [5, 5.41) is 3.55. The van der Waals surface area contributed by atoms with E-state index in [2.05, 4.69) is 59.3 Å². The van der Waals surface area contributed by atoms with Gasteiger partial charge in [-0.3, -0.25) is 4.90 Å². The molecule has 0 amide bonds. The zero-order valence-electron chi connectivity index (χ0n) is 11.2. The molecule has 96 valence electrons. The molecule has 1 saturated heterocycles. The molecule has 0 radical (unpaired) electrons. The summed E-state index contributed by atoms with van der Waals surface area (Å²) in [4.78, 5) is 4.87. The molecule has 2 heterocycles. The van der Waals surface area contributed by atoms with Gasteiger partial charge < -0.3 is 14.8 Å². The molecule has 0 saturated carbocycles. The Hall–Kier alpha value is -0.840. The number of hydrogen-bond acceptors (Lipinski definition) is 3. The van der Waals surface area contributed by atoms with Gasteiger partial charge in [0.15, 0.2) is 0 Å². The molecule has 1 unspecified atom stereocenters. The smallest absolute Gasteiger partial charge is 0.0345 e. The molecule has 4 nitrogen and oxygen atoms in total. The van der Waals surface area contributed by atoms with Crippen molar-refractivity contribution in [2.24, 2.45) is 7.05 Å². The number of rotatable bonds is 4. The number of nitrogens with one attached hydrogen (secondary N) is 1. The number of hydrogen-bond donors (Lipinski definition) is 1. The maximum absolute atomic E-state index is 3.55. The van der Waals surface area contributed by atoms with Crippen LogP contribution in [0.2, 0.25) is 0 Å². The molecule has 17 heavy (non-hydrogen) atoms. The summed E-state index contributed by atoms with van der Waals surface area (Å²) in [6, 6.07) is 2.81. The summed E-state index contributed by atoms with van der Waals surface area (Å²) in [7, 11) is 6.49. The summed E-state index contributed by atoms with van der Waals surface area (Å²) in [5.41, 5.74) is 1.36. The Morgan fingerprint density at radius 3 is 2.82 bits per heavy atom. The van der Waals surface area contributed by atoms with E-state index in [0.29, 0.717) is 6.04 Å². The van der Waals surface area contributed by atoms with Crippen LogP contribution < -0.4 is 5.32 Å². The zero-order chi connectivity index (χ0) is 12.3. The standard InChI is InChI=1S/C13H24N4/c1-15-5-4-12(10-15)8-14-9-13-11-16(2)6-7-17(13)3/h4-5,10,13-14H,6-9,11H2,1-3H3. The van der Waals surface area contributed by atoms with Crippen LogP contribution in [0.25, 0.3) is 0 Å². The molecule has 0 bridgehead atoms. The van der Waals surface area contributed by atoms with Crippen LogP contribution in [0, 0.1) is 0 Å². The molecule has 1 aromatic heterocycles. The van der Waals surface area contributed by atoms with Crippen LogP contribution in [0.4, 0.5) is 0 Å². The van der Waals surface area contributed by atoms with Crippen LogP contribution in [-0.2, 0) is 13.6 Å². The molecule has 1 aromatic rings. The van der Waals surface area contributed by atoms with Gasteiger partial charge in [-0.2, -0.15) is 0 Å². The topological polar surface area (TPSA) is 23.4 Å². The van der Waals surface area contributed by atoms with Gasteiger partial charge in [-0.25, -0.2) is 0 Å². The van der Waals surface area contributed by atoms with E-state index in [4.69, 9.17) is 0 Å². The fourth-order valence-corrected chi connectivity index (χ4v) is 2.37. The van der Waals surface area contributed by atoms with Gasteiger partial charge in [0.1, 0.15) is 0 Å². The molecule has 4 heteroatoms. The second-order valence-corrected chi connectivity index (χ2v) is 5.21. The van der Waals surface area contributed by atoms with E-state index < -0.39 is 0 Å². The van der Waals surface area contributed by atoms with E-state index in [9.17, 15) is 0 Å². The van der Waals surface area contributed by atoms with Crippen LogP contribution >= 0.6 is 0 Å². The summed E-state index contributed by atoms with van der Waals surface area (Å²) >= 11 is 0. The number of aryl methyl sites for hydroxylation is 1. The lowest BCUT2D eigenvalue weighted by Crippen LogP contribution is -2.53. The second-order valence-electron chi connectivity index (χ2n) is 5.21. The lowest BCUT2D eigenvalue weighted by atomic mass is 10.2. The minimum atomic E-state index is 0.637. The number of nitrogens with zero attached hydrogens (tertiary/aromatic N) is 3. The van der Waals surface area contributed by atoms with Crippen molar-refractivity contribution in [3.05, 3.63) is 24.0 Å².